The Labute approximate surface area is 117 Å². The Kier molecular flexibility index (Phi) is 6.89. The minimum Gasteiger partial charge on any atom is -0.497 e. The van der Waals surface area contributed by atoms with Crippen molar-refractivity contribution in [2.24, 2.45) is 5.92 Å². The molecule has 0 fully saturated rings. The third kappa shape index (κ3) is 4.51. The lowest BCUT2D eigenvalue weighted by Gasteiger charge is -2.31. The fourth-order valence-corrected chi connectivity index (χ4v) is 2.32. The lowest BCUT2D eigenvalue weighted by Crippen LogP contribution is -2.37. The number of nitrogens with one attached hydrogen (secondary N) is 1. The maximum absolute atomic E-state index is 5.94. The van der Waals surface area contributed by atoms with Crippen molar-refractivity contribution in [1.29, 1.82) is 0 Å². The highest BCUT2D eigenvalue weighted by Crippen LogP contribution is 2.26. The number of hydrogen-bond donors (Lipinski definition) is 1. The third-order valence-electron chi connectivity index (χ3n) is 3.24. The molecule has 1 N–H and O–H groups in total. The van der Waals surface area contributed by atoms with Gasteiger partial charge in [-0.15, -0.1) is 0 Å². The number of benzene rings is 1. The molecule has 0 spiro atoms. The first-order valence-electron chi connectivity index (χ1n) is 7.12. The monoisotopic (exact) mass is 265 g/mol. The van der Waals surface area contributed by atoms with E-state index in [9.17, 15) is 0 Å². The molecule has 0 saturated heterocycles. The molecule has 0 amide bonds. The van der Waals surface area contributed by atoms with Gasteiger partial charge in [0, 0.05) is 6.61 Å². The van der Waals surface area contributed by atoms with E-state index >= 15 is 0 Å². The highest BCUT2D eigenvalue weighted by atomic mass is 16.5. The number of hydrogen-bond acceptors (Lipinski definition) is 3. The van der Waals surface area contributed by atoms with E-state index in [2.05, 4.69) is 38.2 Å². The summed E-state index contributed by atoms with van der Waals surface area (Å²) in [5.74, 6) is 1.35. The van der Waals surface area contributed by atoms with Crippen LogP contribution in [-0.2, 0) is 4.74 Å². The van der Waals surface area contributed by atoms with Crippen molar-refractivity contribution in [2.75, 3.05) is 20.3 Å². The van der Waals surface area contributed by atoms with Crippen LogP contribution in [0, 0.1) is 5.92 Å². The van der Waals surface area contributed by atoms with Crippen LogP contribution in [0.5, 0.6) is 5.75 Å². The van der Waals surface area contributed by atoms with E-state index in [-0.39, 0.29) is 12.1 Å². The van der Waals surface area contributed by atoms with E-state index in [0.717, 1.165) is 18.9 Å². The quantitative estimate of drug-likeness (QED) is 0.781. The first kappa shape index (κ1) is 16.0. The van der Waals surface area contributed by atoms with Gasteiger partial charge in [0.2, 0.25) is 0 Å². The van der Waals surface area contributed by atoms with Crippen LogP contribution in [0.3, 0.4) is 0 Å². The van der Waals surface area contributed by atoms with Crippen LogP contribution < -0.4 is 10.1 Å². The Balaban J connectivity index is 2.95. The zero-order valence-corrected chi connectivity index (χ0v) is 12.8. The minimum absolute atomic E-state index is 0.179. The molecule has 1 aromatic carbocycles. The highest BCUT2D eigenvalue weighted by Gasteiger charge is 2.25. The van der Waals surface area contributed by atoms with Crippen LogP contribution in [0.4, 0.5) is 0 Å². The van der Waals surface area contributed by atoms with Crippen LogP contribution >= 0.6 is 0 Å². The van der Waals surface area contributed by atoms with Crippen LogP contribution in [0.25, 0.3) is 0 Å². The van der Waals surface area contributed by atoms with Gasteiger partial charge in [0.1, 0.15) is 5.75 Å². The molecule has 0 aliphatic heterocycles. The SMILES string of the molecule is CCNC(c1ccc(OC)cc1)C(OCC)C(C)C. The standard InChI is InChI=1S/C16H27NO2/c1-6-17-15(16(12(3)4)19-7-2)13-8-10-14(18-5)11-9-13/h8-12,15-17H,6-7H2,1-5H3. The molecule has 0 heterocycles. The Bertz CT molecular complexity index is 348. The molecule has 0 aliphatic rings. The Hall–Kier alpha value is -1.06. The van der Waals surface area contributed by atoms with E-state index in [1.165, 1.54) is 5.56 Å². The number of rotatable bonds is 8. The minimum atomic E-state index is 0.179. The maximum atomic E-state index is 5.94. The molecule has 3 heteroatoms. The van der Waals surface area contributed by atoms with Crippen molar-refractivity contribution in [3.05, 3.63) is 29.8 Å². The van der Waals surface area contributed by atoms with Crippen LogP contribution in [-0.4, -0.2) is 26.4 Å². The van der Waals surface area contributed by atoms with Crippen LogP contribution in [0.1, 0.15) is 39.3 Å². The average Bonchev–Trinajstić information content (AvgIpc) is 2.42. The van der Waals surface area contributed by atoms with Crippen molar-refractivity contribution in [3.8, 4) is 5.75 Å². The first-order chi connectivity index (χ1) is 9.13. The van der Waals surface area contributed by atoms with E-state index in [1.807, 2.05) is 19.1 Å². The molecule has 2 unspecified atom stereocenters. The van der Waals surface area contributed by atoms with Gasteiger partial charge in [0.25, 0.3) is 0 Å². The fourth-order valence-electron chi connectivity index (χ4n) is 2.32. The summed E-state index contributed by atoms with van der Waals surface area (Å²) in [6.45, 7) is 10.2. The van der Waals surface area contributed by atoms with Crippen molar-refractivity contribution >= 4 is 0 Å². The molecule has 1 rings (SSSR count). The molecule has 2 atom stereocenters. The van der Waals surface area contributed by atoms with E-state index in [4.69, 9.17) is 9.47 Å². The number of methoxy groups -OCH3 is 1. The summed E-state index contributed by atoms with van der Waals surface area (Å²) in [6.07, 6.45) is 0.179. The second kappa shape index (κ2) is 8.18. The van der Waals surface area contributed by atoms with Gasteiger partial charge in [-0.05, 0) is 37.1 Å². The molecule has 0 radical (unpaired) electrons. The summed E-state index contributed by atoms with van der Waals surface area (Å²) >= 11 is 0. The predicted octanol–water partition coefficient (Wildman–Crippen LogP) is 3.41. The van der Waals surface area contributed by atoms with Gasteiger partial charge in [-0.2, -0.15) is 0 Å². The Morgan fingerprint density at radius 2 is 1.74 bits per heavy atom. The summed E-state index contributed by atoms with van der Waals surface area (Å²) in [6, 6.07) is 8.45. The second-order valence-electron chi connectivity index (χ2n) is 4.97. The smallest absolute Gasteiger partial charge is 0.118 e. The van der Waals surface area contributed by atoms with Gasteiger partial charge in [0.15, 0.2) is 0 Å². The van der Waals surface area contributed by atoms with Gasteiger partial charge >= 0.3 is 0 Å². The predicted molar refractivity (Wildman–Crippen MR) is 79.7 cm³/mol. The number of likely N-dealkylation sites (N-methyl/N-ethyl adjacent to an activating group) is 1. The van der Waals surface area contributed by atoms with Crippen LogP contribution in [0.2, 0.25) is 0 Å². The first-order valence-corrected chi connectivity index (χ1v) is 7.12. The van der Waals surface area contributed by atoms with Crippen molar-refractivity contribution in [3.63, 3.8) is 0 Å². The van der Waals surface area contributed by atoms with E-state index in [0.29, 0.717) is 5.92 Å². The fraction of sp³-hybridized carbons (Fsp3) is 0.625. The van der Waals surface area contributed by atoms with Crippen LogP contribution in [0.15, 0.2) is 24.3 Å². The molecule has 19 heavy (non-hydrogen) atoms. The lowest BCUT2D eigenvalue weighted by atomic mass is 9.93. The zero-order chi connectivity index (χ0) is 14.3. The van der Waals surface area contributed by atoms with Gasteiger partial charge in [-0.3, -0.25) is 0 Å². The molecule has 0 aliphatic carbocycles. The molecule has 0 aromatic heterocycles. The van der Waals surface area contributed by atoms with Gasteiger partial charge in [0.05, 0.1) is 19.3 Å². The highest BCUT2D eigenvalue weighted by molar-refractivity contribution is 5.29. The van der Waals surface area contributed by atoms with Crippen molar-refractivity contribution in [2.45, 2.75) is 39.8 Å². The molecule has 1 aromatic rings. The van der Waals surface area contributed by atoms with E-state index < -0.39 is 0 Å². The van der Waals surface area contributed by atoms with Gasteiger partial charge in [-0.25, -0.2) is 0 Å². The average molecular weight is 265 g/mol. The second-order valence-corrected chi connectivity index (χ2v) is 4.97. The molecule has 0 saturated carbocycles. The van der Waals surface area contributed by atoms with E-state index in [1.54, 1.807) is 7.11 Å². The van der Waals surface area contributed by atoms with Crippen molar-refractivity contribution in [1.82, 2.24) is 5.32 Å². The third-order valence-corrected chi connectivity index (χ3v) is 3.24. The Morgan fingerprint density at radius 1 is 1.11 bits per heavy atom. The summed E-state index contributed by atoms with van der Waals surface area (Å²) in [7, 11) is 1.69. The summed E-state index contributed by atoms with van der Waals surface area (Å²) in [5.41, 5.74) is 1.25. The maximum Gasteiger partial charge on any atom is 0.118 e. The van der Waals surface area contributed by atoms with Gasteiger partial charge in [-0.1, -0.05) is 32.9 Å². The number of ether oxygens (including phenoxy) is 2. The topological polar surface area (TPSA) is 30.5 Å². The molecule has 3 nitrogen and oxygen atoms in total. The summed E-state index contributed by atoms with van der Waals surface area (Å²) in [4.78, 5) is 0. The Morgan fingerprint density at radius 3 is 2.16 bits per heavy atom. The normalized spacial score (nSPS) is 14.4. The molecule has 0 bridgehead atoms. The van der Waals surface area contributed by atoms with Gasteiger partial charge < -0.3 is 14.8 Å². The summed E-state index contributed by atoms with van der Waals surface area (Å²) in [5, 5.41) is 3.54. The molecular formula is C16H27NO2. The molecular weight excluding hydrogens is 238 g/mol. The van der Waals surface area contributed by atoms with Crippen molar-refractivity contribution < 1.29 is 9.47 Å². The zero-order valence-electron chi connectivity index (χ0n) is 12.8. The lowest BCUT2D eigenvalue weighted by molar-refractivity contribution is 0.00317. The molecule has 108 valence electrons. The largest absolute Gasteiger partial charge is 0.497 e. The summed E-state index contributed by atoms with van der Waals surface area (Å²) < 4.78 is 11.1.